The molecule has 1 spiro atoms. The molecule has 0 amide bonds. The number of nitrogens with zero attached hydrogens (tertiary/aromatic N) is 3. The molecule has 0 aromatic heterocycles. The van der Waals surface area contributed by atoms with Crippen molar-refractivity contribution in [1.82, 2.24) is 20.0 Å². The van der Waals surface area contributed by atoms with Crippen molar-refractivity contribution in [1.29, 1.82) is 0 Å². The number of hydrogen-bond acceptors (Lipinski definition) is 14. The second kappa shape index (κ2) is 21.9. The number of hydrogen-bond donors (Lipinski definition) is 4. The predicted molar refractivity (Wildman–Crippen MR) is 343 cm³/mol. The highest BCUT2D eigenvalue weighted by molar-refractivity contribution is 5.96. The SMILES string of the molecule is COC1=C[C@@H]2[C@@H]3Cc4ccc(C)c(O)c4[C@]2(CCN3C)CC1=O.COC1C[C@@H]2[C@@H]3Cc4ccc(C)c(O)c4[C@]2(CCN3C)CC1=O.Cc1ccc2c(c1)[C@@]13CCN(CC4CC4)[C@@H](C2)[C@H]1CCC(=O)C3.Cc1ccc2c3c1O[C@@H]1C(=O)CC[C@]4(O)[C@H](C2)NCC[C@@]314. The van der Waals surface area contributed by atoms with E-state index in [1.165, 1.54) is 72.2 Å². The number of aromatic hydroxyl groups is 2. The van der Waals surface area contributed by atoms with E-state index in [9.17, 15) is 34.5 Å². The molecule has 14 nitrogen and oxygen atoms in total. The van der Waals surface area contributed by atoms with E-state index in [4.69, 9.17) is 14.2 Å². The molecule has 18 rings (SSSR count). The first kappa shape index (κ1) is 60.5. The number of likely N-dealkylation sites (tertiary alicyclic amines) is 3. The molecule has 4 aromatic rings. The number of phenolic OH excluding ortho intramolecular Hbond substituents is 2. The molecule has 1 unspecified atom stereocenters. The van der Waals surface area contributed by atoms with Gasteiger partial charge in [-0.25, -0.2) is 0 Å². The molecule has 14 heteroatoms. The Kier molecular flexibility index (Phi) is 14.7. The van der Waals surface area contributed by atoms with Crippen LogP contribution in [0.25, 0.3) is 0 Å². The summed E-state index contributed by atoms with van der Waals surface area (Å²) >= 11 is 0. The Bertz CT molecular complexity index is 3690. The summed E-state index contributed by atoms with van der Waals surface area (Å²) < 4.78 is 16.9. The van der Waals surface area contributed by atoms with E-state index >= 15 is 0 Å². The highest BCUT2D eigenvalue weighted by Crippen LogP contribution is 2.64. The van der Waals surface area contributed by atoms with Gasteiger partial charge in [0.05, 0.1) is 18.1 Å². The summed E-state index contributed by atoms with van der Waals surface area (Å²) in [5.41, 5.74) is 12.5. The second-order valence-electron chi connectivity index (χ2n) is 30.6. The number of aryl methyl sites for hydroxylation is 4. The number of ether oxygens (including phenoxy) is 3. The number of phenols is 2. The van der Waals surface area contributed by atoms with E-state index in [1.54, 1.807) is 14.2 Å². The Labute approximate surface area is 531 Å². The average Bonchev–Trinajstić information content (AvgIpc) is 1.39. The van der Waals surface area contributed by atoms with Crippen LogP contribution in [0.5, 0.6) is 17.2 Å². The quantitative estimate of drug-likeness (QED) is 0.152. The first-order valence-corrected chi connectivity index (χ1v) is 34.2. The van der Waals surface area contributed by atoms with Crippen LogP contribution in [0.15, 0.2) is 66.4 Å². The van der Waals surface area contributed by atoms with Gasteiger partial charge in [0.2, 0.25) is 0 Å². The number of benzene rings is 4. The van der Waals surface area contributed by atoms with E-state index < -0.39 is 17.1 Å². The Balaban J connectivity index is 0.000000100. The zero-order valence-corrected chi connectivity index (χ0v) is 54.4. The van der Waals surface area contributed by atoms with E-state index in [0.29, 0.717) is 78.7 Å². The van der Waals surface area contributed by atoms with Crippen molar-refractivity contribution >= 4 is 23.1 Å². The molecule has 14 aliphatic rings. The maximum absolute atomic E-state index is 12.6. The summed E-state index contributed by atoms with van der Waals surface area (Å²) in [7, 11) is 7.55. The third kappa shape index (κ3) is 8.88. The zero-order chi connectivity index (χ0) is 62.7. The Morgan fingerprint density at radius 2 is 1.29 bits per heavy atom. The molecule has 90 heavy (non-hydrogen) atoms. The van der Waals surface area contributed by atoms with Crippen LogP contribution in [0.3, 0.4) is 0 Å². The lowest BCUT2D eigenvalue weighted by Gasteiger charge is -2.59. The van der Waals surface area contributed by atoms with Gasteiger partial charge in [-0.15, -0.1) is 0 Å². The Morgan fingerprint density at radius 3 is 2.00 bits per heavy atom. The molecule has 4 saturated heterocycles. The van der Waals surface area contributed by atoms with Crippen LogP contribution in [0.2, 0.25) is 0 Å². The molecule has 478 valence electrons. The number of aliphatic hydroxyl groups is 1. The van der Waals surface area contributed by atoms with Crippen LogP contribution in [0.1, 0.15) is 157 Å². The highest BCUT2D eigenvalue weighted by atomic mass is 16.5. The maximum Gasteiger partial charge on any atom is 0.197 e. The number of fused-ring (bicyclic) bond motifs is 3. The van der Waals surface area contributed by atoms with Gasteiger partial charge in [0, 0.05) is 109 Å². The summed E-state index contributed by atoms with van der Waals surface area (Å²) in [6, 6.07) is 21.1. The largest absolute Gasteiger partial charge is 0.507 e. The van der Waals surface area contributed by atoms with Gasteiger partial charge >= 0.3 is 0 Å². The Morgan fingerprint density at radius 1 is 0.644 bits per heavy atom. The van der Waals surface area contributed by atoms with E-state index in [0.717, 1.165) is 129 Å². The van der Waals surface area contributed by atoms with Crippen LogP contribution >= 0.6 is 0 Å². The normalized spacial score (nSPS) is 36.9. The minimum Gasteiger partial charge on any atom is -0.507 e. The first-order valence-electron chi connectivity index (χ1n) is 34.2. The number of rotatable bonds is 4. The monoisotopic (exact) mass is 1220 g/mol. The molecule has 8 fully saturated rings. The molecule has 0 radical (unpaired) electrons. The summed E-state index contributed by atoms with van der Waals surface area (Å²) in [4.78, 5) is 57.7. The first-order chi connectivity index (χ1) is 43.2. The van der Waals surface area contributed by atoms with Crippen LogP contribution < -0.4 is 10.1 Å². The van der Waals surface area contributed by atoms with E-state index in [2.05, 4.69) is 83.5 Å². The summed E-state index contributed by atoms with van der Waals surface area (Å²) in [5, 5.41) is 36.6. The molecule has 9 aliphatic carbocycles. The molecule has 5 heterocycles. The van der Waals surface area contributed by atoms with Gasteiger partial charge < -0.3 is 44.6 Å². The van der Waals surface area contributed by atoms with Crippen molar-refractivity contribution in [3.05, 3.63) is 133 Å². The van der Waals surface area contributed by atoms with Crippen molar-refractivity contribution in [2.45, 2.75) is 207 Å². The lowest BCUT2D eigenvalue weighted by atomic mass is 9.49. The fourth-order valence-corrected chi connectivity index (χ4v) is 21.6. The van der Waals surface area contributed by atoms with E-state index in [-0.39, 0.29) is 51.7 Å². The number of allylic oxidation sites excluding steroid dienone is 1. The third-order valence-corrected chi connectivity index (χ3v) is 26.3. The zero-order valence-electron chi connectivity index (χ0n) is 54.4. The highest BCUT2D eigenvalue weighted by Gasteiger charge is 2.72. The molecule has 8 bridgehead atoms. The lowest BCUT2D eigenvalue weighted by Crippen LogP contribution is -2.76. The van der Waals surface area contributed by atoms with E-state index in [1.807, 2.05) is 39.0 Å². The topological polar surface area (TPSA) is 178 Å². The summed E-state index contributed by atoms with van der Waals surface area (Å²) in [6.07, 6.45) is 17.3. The van der Waals surface area contributed by atoms with Crippen molar-refractivity contribution in [2.24, 2.45) is 23.7 Å². The molecular formula is C76H94N4O10. The molecule has 4 aromatic carbocycles. The van der Waals surface area contributed by atoms with Crippen LogP contribution in [0.4, 0.5) is 0 Å². The number of ketones is 4. The van der Waals surface area contributed by atoms with Gasteiger partial charge in [0.15, 0.2) is 29.2 Å². The molecule has 14 atom stereocenters. The van der Waals surface area contributed by atoms with Gasteiger partial charge in [-0.05, 0) is 220 Å². The minimum absolute atomic E-state index is 0.0339. The van der Waals surface area contributed by atoms with Crippen molar-refractivity contribution in [2.75, 3.05) is 61.0 Å². The van der Waals surface area contributed by atoms with Gasteiger partial charge in [-0.2, -0.15) is 0 Å². The van der Waals surface area contributed by atoms with Crippen LogP contribution in [0, 0.1) is 51.4 Å². The van der Waals surface area contributed by atoms with Gasteiger partial charge in [-0.1, -0.05) is 60.2 Å². The van der Waals surface area contributed by atoms with Crippen molar-refractivity contribution < 1.29 is 48.7 Å². The molecule has 4 N–H and O–H groups in total. The predicted octanol–water partition coefficient (Wildman–Crippen LogP) is 9.16. The molecule has 4 saturated carbocycles. The fourth-order valence-electron chi connectivity index (χ4n) is 21.6. The number of carbonyl (C=O) groups excluding carboxylic acids is 4. The standard InChI is InChI=1S/C21H27NO.C19H25NO3.C19H23NO3.C17H19NO3/c1-14-2-5-16-11-20-18-7-6-17(23)12-21(18,19(16)10-14)8-9-22(20)13-15-3-4-15;2*1-11-4-5-12-8-14-13-9-16(23-3)15(21)10-19(13,6-7-20(14)2)17(12)18(11)22;1-9-2-3-10-8-12-17(20)5-4-11(19)15-16(17,6-7-18-12)13(10)14(9)21-15/h2,5,10,15,18,20H,3-4,6-9,11-13H2,1H3;4-5,13-14,16,22H,6-10H2,1-3H3;4-5,9,13-14,22H,6-8,10H2,1-3H3;2-3,12,15,18,20H,4-8H2,1H3/t18-,20+,21-;13-,14+,16?,19-;13-,14+,19-;12-,15+,16+,17-/m1110/s1. The lowest BCUT2D eigenvalue weighted by molar-refractivity contribution is -0.166. The van der Waals surface area contributed by atoms with Gasteiger partial charge in [0.25, 0.3) is 0 Å². The number of Topliss-reactive ketones (excluding diaryl/α,β-unsaturated/α-hetero) is 4. The number of methoxy groups -OCH3 is 2. The van der Waals surface area contributed by atoms with Crippen molar-refractivity contribution in [3.8, 4) is 17.2 Å². The smallest absolute Gasteiger partial charge is 0.197 e. The molecule has 5 aliphatic heterocycles. The third-order valence-electron chi connectivity index (χ3n) is 26.3. The van der Waals surface area contributed by atoms with Crippen LogP contribution in [-0.2, 0) is 76.0 Å². The number of carbonyl (C=O) groups is 4. The van der Waals surface area contributed by atoms with Crippen LogP contribution in [-0.4, -0.2) is 156 Å². The van der Waals surface area contributed by atoms with Crippen molar-refractivity contribution in [3.63, 3.8) is 0 Å². The number of nitrogens with one attached hydrogen (secondary N) is 1. The minimum atomic E-state index is -0.851. The summed E-state index contributed by atoms with van der Waals surface area (Å²) in [6.45, 7) is 13.4. The average molecular weight is 1220 g/mol. The number of piperidine rings is 4. The maximum atomic E-state index is 12.6. The Hall–Kier alpha value is -5.74. The fraction of sp³-hybridized carbons (Fsp3) is 0.605. The summed E-state index contributed by atoms with van der Waals surface area (Å²) in [5.74, 6) is 5.34. The van der Waals surface area contributed by atoms with Gasteiger partial charge in [0.1, 0.15) is 29.1 Å². The molecular weight excluding hydrogens is 1130 g/mol. The second-order valence-corrected chi connectivity index (χ2v) is 30.6. The number of likely N-dealkylation sites (N-methyl/N-ethyl adjacent to an activating group) is 2. The van der Waals surface area contributed by atoms with Gasteiger partial charge in [-0.3, -0.25) is 24.1 Å².